The highest BCUT2D eigenvalue weighted by Crippen LogP contribution is 2.22. The van der Waals surface area contributed by atoms with Gasteiger partial charge in [-0.15, -0.1) is 0 Å². The molecule has 1 heterocycles. The molecule has 0 saturated carbocycles. The first kappa shape index (κ1) is 15.7. The van der Waals surface area contributed by atoms with Gasteiger partial charge in [0.2, 0.25) is 5.88 Å². The average Bonchev–Trinajstić information content (AvgIpc) is 2.29. The molecular formula is C12H21N3O3S. The van der Waals surface area contributed by atoms with E-state index in [1.807, 2.05) is 13.8 Å². The molecule has 7 heteroatoms. The van der Waals surface area contributed by atoms with Gasteiger partial charge in [0.25, 0.3) is 0 Å². The summed E-state index contributed by atoms with van der Waals surface area (Å²) in [6.45, 7) is 7.86. The van der Waals surface area contributed by atoms with Crippen LogP contribution < -0.4 is 10.1 Å². The van der Waals surface area contributed by atoms with Crippen molar-refractivity contribution >= 4 is 15.7 Å². The third-order valence-corrected chi connectivity index (χ3v) is 5.16. The Labute approximate surface area is 114 Å². The minimum atomic E-state index is -3.14. The summed E-state index contributed by atoms with van der Waals surface area (Å²) in [5, 5.41) is 3.05. The third kappa shape index (κ3) is 3.79. The van der Waals surface area contributed by atoms with Crippen molar-refractivity contribution in [2.45, 2.75) is 32.4 Å². The normalized spacial score (nSPS) is 12.3. The fraction of sp³-hybridized carbons (Fsp3) is 0.667. The molecule has 0 aromatic carbocycles. The van der Waals surface area contributed by atoms with Gasteiger partial charge >= 0.3 is 0 Å². The molecule has 19 heavy (non-hydrogen) atoms. The molecule has 1 aromatic heterocycles. The third-order valence-electron chi connectivity index (χ3n) is 3.00. The quantitative estimate of drug-likeness (QED) is 0.852. The average molecular weight is 287 g/mol. The van der Waals surface area contributed by atoms with E-state index < -0.39 is 14.6 Å². The maximum absolute atomic E-state index is 11.6. The van der Waals surface area contributed by atoms with Gasteiger partial charge in [0.05, 0.1) is 16.9 Å². The van der Waals surface area contributed by atoms with Gasteiger partial charge in [-0.25, -0.2) is 18.4 Å². The van der Waals surface area contributed by atoms with Crippen molar-refractivity contribution in [2.24, 2.45) is 0 Å². The summed E-state index contributed by atoms with van der Waals surface area (Å²) in [6.07, 6.45) is 2.63. The van der Waals surface area contributed by atoms with Crippen LogP contribution in [0.15, 0.2) is 6.33 Å². The lowest BCUT2D eigenvalue weighted by Crippen LogP contribution is -2.38. The van der Waals surface area contributed by atoms with Gasteiger partial charge in [-0.05, 0) is 27.7 Å². The van der Waals surface area contributed by atoms with E-state index in [1.54, 1.807) is 13.8 Å². The highest BCUT2D eigenvalue weighted by atomic mass is 32.2. The molecule has 0 radical (unpaired) electrons. The molecule has 0 unspecified atom stereocenters. The smallest absolute Gasteiger partial charge is 0.221 e. The Kier molecular flexibility index (Phi) is 4.73. The molecule has 0 saturated heterocycles. The van der Waals surface area contributed by atoms with Crippen LogP contribution in [0.5, 0.6) is 5.88 Å². The molecule has 1 aromatic rings. The number of nitrogens with one attached hydrogen (secondary N) is 1. The van der Waals surface area contributed by atoms with Gasteiger partial charge in [0, 0.05) is 12.8 Å². The van der Waals surface area contributed by atoms with Gasteiger partial charge in [-0.3, -0.25) is 0 Å². The molecule has 0 amide bonds. The molecule has 6 nitrogen and oxygen atoms in total. The molecular weight excluding hydrogens is 266 g/mol. The Bertz CT molecular complexity index is 541. The number of sulfone groups is 1. The van der Waals surface area contributed by atoms with Crippen LogP contribution in [-0.2, 0) is 9.84 Å². The van der Waals surface area contributed by atoms with Gasteiger partial charge in [-0.2, -0.15) is 0 Å². The minimum Gasteiger partial charge on any atom is -0.478 e. The lowest BCUT2D eigenvalue weighted by Gasteiger charge is -2.23. The zero-order valence-electron chi connectivity index (χ0n) is 12.0. The second-order valence-electron chi connectivity index (χ2n) is 4.97. The van der Waals surface area contributed by atoms with E-state index >= 15 is 0 Å². The first-order valence-corrected chi connectivity index (χ1v) is 7.96. The van der Waals surface area contributed by atoms with Crippen LogP contribution >= 0.6 is 0 Å². The number of nitrogens with zero attached hydrogens (tertiary/aromatic N) is 2. The molecule has 0 fully saturated rings. The van der Waals surface area contributed by atoms with E-state index in [9.17, 15) is 8.42 Å². The van der Waals surface area contributed by atoms with Crippen molar-refractivity contribution in [2.75, 3.05) is 24.7 Å². The first-order chi connectivity index (χ1) is 8.69. The van der Waals surface area contributed by atoms with Gasteiger partial charge < -0.3 is 10.1 Å². The van der Waals surface area contributed by atoms with Crippen molar-refractivity contribution in [3.63, 3.8) is 0 Å². The monoisotopic (exact) mass is 287 g/mol. The Morgan fingerprint density at radius 2 is 2.00 bits per heavy atom. The van der Waals surface area contributed by atoms with E-state index in [1.165, 1.54) is 12.6 Å². The predicted octanol–water partition coefficient (Wildman–Crippen LogP) is 1.42. The van der Waals surface area contributed by atoms with Crippen LogP contribution in [-0.4, -0.2) is 42.5 Å². The lowest BCUT2D eigenvalue weighted by molar-refractivity contribution is 0.324. The summed E-state index contributed by atoms with van der Waals surface area (Å²) in [5.41, 5.74) is 0.772. The van der Waals surface area contributed by atoms with Crippen molar-refractivity contribution in [1.29, 1.82) is 0 Å². The Morgan fingerprint density at radius 3 is 2.53 bits per heavy atom. The summed E-state index contributed by atoms with van der Waals surface area (Å²) in [6, 6.07) is 0. The highest BCUT2D eigenvalue weighted by Gasteiger charge is 2.30. The SMILES string of the molecule is CCOc1ncnc(NCC(C)(C)S(C)(=O)=O)c1C. The van der Waals surface area contributed by atoms with Crippen LogP contribution in [0.1, 0.15) is 26.3 Å². The maximum atomic E-state index is 11.6. The van der Waals surface area contributed by atoms with E-state index in [4.69, 9.17) is 4.74 Å². The molecule has 0 spiro atoms. The number of aromatic nitrogens is 2. The van der Waals surface area contributed by atoms with Crippen molar-refractivity contribution in [3.05, 3.63) is 11.9 Å². The Morgan fingerprint density at radius 1 is 1.37 bits per heavy atom. The summed E-state index contributed by atoms with van der Waals surface area (Å²) < 4.78 is 27.8. The topological polar surface area (TPSA) is 81.2 Å². The summed E-state index contributed by atoms with van der Waals surface area (Å²) in [5.74, 6) is 1.10. The molecule has 0 bridgehead atoms. The number of hydrogen-bond acceptors (Lipinski definition) is 6. The van der Waals surface area contributed by atoms with E-state index in [0.717, 1.165) is 5.56 Å². The number of rotatable bonds is 6. The van der Waals surface area contributed by atoms with Crippen molar-refractivity contribution < 1.29 is 13.2 Å². The zero-order chi connectivity index (χ0) is 14.7. The Balaban J connectivity index is 2.87. The molecule has 0 aliphatic rings. The summed E-state index contributed by atoms with van der Waals surface area (Å²) in [7, 11) is -3.14. The van der Waals surface area contributed by atoms with Crippen LogP contribution in [0.3, 0.4) is 0 Å². The summed E-state index contributed by atoms with van der Waals surface area (Å²) in [4.78, 5) is 8.14. The van der Waals surface area contributed by atoms with Crippen LogP contribution in [0, 0.1) is 6.92 Å². The molecule has 108 valence electrons. The Hall–Kier alpha value is -1.37. The molecule has 1 N–H and O–H groups in total. The number of hydrogen-bond donors (Lipinski definition) is 1. The van der Waals surface area contributed by atoms with Gasteiger partial charge in [0.1, 0.15) is 12.1 Å². The minimum absolute atomic E-state index is 0.273. The van der Waals surface area contributed by atoms with Crippen molar-refractivity contribution in [3.8, 4) is 5.88 Å². The zero-order valence-corrected chi connectivity index (χ0v) is 12.8. The summed E-state index contributed by atoms with van der Waals surface area (Å²) >= 11 is 0. The maximum Gasteiger partial charge on any atom is 0.221 e. The van der Waals surface area contributed by atoms with E-state index in [0.29, 0.717) is 18.3 Å². The van der Waals surface area contributed by atoms with E-state index in [2.05, 4.69) is 15.3 Å². The lowest BCUT2D eigenvalue weighted by atomic mass is 10.2. The second kappa shape index (κ2) is 5.73. The fourth-order valence-corrected chi connectivity index (χ4v) is 1.66. The molecule has 0 aliphatic heterocycles. The molecule has 1 rings (SSSR count). The number of ether oxygens (including phenoxy) is 1. The van der Waals surface area contributed by atoms with Crippen LogP contribution in [0.2, 0.25) is 0 Å². The molecule has 0 aliphatic carbocycles. The highest BCUT2D eigenvalue weighted by molar-refractivity contribution is 7.92. The predicted molar refractivity (Wildman–Crippen MR) is 75.4 cm³/mol. The standard InChI is InChI=1S/C12H21N3O3S/c1-6-18-11-9(2)10(14-8-15-11)13-7-12(3,4)19(5,16)17/h8H,6-7H2,1-5H3,(H,13,14,15). The first-order valence-electron chi connectivity index (χ1n) is 6.07. The molecule has 0 atom stereocenters. The second-order valence-corrected chi connectivity index (χ2v) is 7.62. The number of anilines is 1. The van der Waals surface area contributed by atoms with Gasteiger partial charge in [0.15, 0.2) is 9.84 Å². The van der Waals surface area contributed by atoms with Gasteiger partial charge in [-0.1, -0.05) is 0 Å². The largest absolute Gasteiger partial charge is 0.478 e. The van der Waals surface area contributed by atoms with Crippen LogP contribution in [0.25, 0.3) is 0 Å². The van der Waals surface area contributed by atoms with Crippen LogP contribution in [0.4, 0.5) is 5.82 Å². The van der Waals surface area contributed by atoms with Crippen molar-refractivity contribution in [1.82, 2.24) is 9.97 Å². The van der Waals surface area contributed by atoms with E-state index in [-0.39, 0.29) is 6.54 Å². The fourth-order valence-electron chi connectivity index (χ4n) is 1.32.